The first kappa shape index (κ1) is 11.6. The first-order valence-corrected chi connectivity index (χ1v) is 4.13. The van der Waals surface area contributed by atoms with Gasteiger partial charge in [0.2, 0.25) is 6.08 Å². The van der Waals surface area contributed by atoms with Crippen molar-refractivity contribution < 1.29 is 14.3 Å². The van der Waals surface area contributed by atoms with Gasteiger partial charge < -0.3 is 4.74 Å². The van der Waals surface area contributed by atoms with Gasteiger partial charge in [-0.3, -0.25) is 0 Å². The maximum atomic E-state index is 11.0. The van der Waals surface area contributed by atoms with E-state index in [1.807, 2.05) is 6.92 Å². The summed E-state index contributed by atoms with van der Waals surface area (Å²) in [6, 6.07) is 0. The van der Waals surface area contributed by atoms with E-state index in [0.717, 1.165) is 19.0 Å². The molecule has 0 N–H and O–H groups in total. The van der Waals surface area contributed by atoms with Crippen LogP contribution in [0.5, 0.6) is 0 Å². The average Bonchev–Trinajstić information content (AvgIpc) is 2.14. The minimum Gasteiger partial charge on any atom is -0.462 e. The number of aliphatic imine (C=N–C) groups is 1. The molecule has 0 aromatic carbocycles. The molecule has 0 heterocycles. The lowest BCUT2D eigenvalue weighted by atomic mass is 10.3. The van der Waals surface area contributed by atoms with E-state index in [0.29, 0.717) is 12.2 Å². The van der Waals surface area contributed by atoms with E-state index in [1.165, 1.54) is 13.0 Å². The molecule has 72 valence electrons. The van der Waals surface area contributed by atoms with Gasteiger partial charge in [0.15, 0.2) is 0 Å². The zero-order valence-corrected chi connectivity index (χ0v) is 7.87. The van der Waals surface area contributed by atoms with E-state index < -0.39 is 5.97 Å². The zero-order valence-electron chi connectivity index (χ0n) is 7.87. The largest absolute Gasteiger partial charge is 0.462 e. The van der Waals surface area contributed by atoms with Crippen molar-refractivity contribution in [3.63, 3.8) is 0 Å². The number of nitrogens with zero attached hydrogens (tertiary/aromatic N) is 1. The third kappa shape index (κ3) is 5.82. The van der Waals surface area contributed by atoms with E-state index in [2.05, 4.69) is 4.99 Å². The fraction of sp³-hybridized carbons (Fsp3) is 0.556. The molecule has 0 spiro atoms. The van der Waals surface area contributed by atoms with Gasteiger partial charge in [0.25, 0.3) is 0 Å². The minimum absolute atomic E-state index is 0.305. The number of rotatable bonds is 5. The summed E-state index contributed by atoms with van der Waals surface area (Å²) >= 11 is 0. The third-order valence-electron chi connectivity index (χ3n) is 1.36. The molecule has 4 nitrogen and oxygen atoms in total. The van der Waals surface area contributed by atoms with Crippen molar-refractivity contribution in [2.24, 2.45) is 4.99 Å². The fourth-order valence-corrected chi connectivity index (χ4v) is 0.599. The lowest BCUT2D eigenvalue weighted by Crippen LogP contribution is -2.06. The van der Waals surface area contributed by atoms with Crippen molar-refractivity contribution in [3.05, 3.63) is 11.8 Å². The Bertz CT molecular complexity index is 239. The topological polar surface area (TPSA) is 55.7 Å². The van der Waals surface area contributed by atoms with E-state index in [4.69, 9.17) is 4.74 Å². The fourth-order valence-electron chi connectivity index (χ4n) is 0.599. The first-order valence-electron chi connectivity index (χ1n) is 4.13. The second-order valence-corrected chi connectivity index (χ2v) is 2.52. The van der Waals surface area contributed by atoms with Crippen molar-refractivity contribution >= 4 is 12.0 Å². The summed E-state index contributed by atoms with van der Waals surface area (Å²) in [7, 11) is 0. The van der Waals surface area contributed by atoms with Crippen LogP contribution in [0.3, 0.4) is 0 Å². The van der Waals surface area contributed by atoms with Crippen molar-refractivity contribution in [1.82, 2.24) is 0 Å². The Morgan fingerprint density at radius 3 is 2.85 bits per heavy atom. The highest BCUT2D eigenvalue weighted by Gasteiger charge is 2.03. The number of carbonyl (C=O) groups excluding carboxylic acids is 2. The van der Waals surface area contributed by atoms with Gasteiger partial charge in [0, 0.05) is 0 Å². The number of hydrogen-bond donors (Lipinski definition) is 0. The SMILES string of the molecule is CCCCOC(=O)C(C)=CN=C=O. The summed E-state index contributed by atoms with van der Waals surface area (Å²) in [5, 5.41) is 0. The quantitative estimate of drug-likeness (QED) is 0.214. The average molecular weight is 183 g/mol. The van der Waals surface area contributed by atoms with Gasteiger partial charge in [-0.15, -0.1) is 0 Å². The van der Waals surface area contributed by atoms with E-state index in [1.54, 1.807) is 0 Å². The smallest absolute Gasteiger partial charge is 0.335 e. The monoisotopic (exact) mass is 183 g/mol. The highest BCUT2D eigenvalue weighted by Crippen LogP contribution is 1.98. The summed E-state index contributed by atoms with van der Waals surface area (Å²) in [5.74, 6) is -0.438. The highest BCUT2D eigenvalue weighted by molar-refractivity contribution is 5.87. The Balaban J connectivity index is 3.89. The van der Waals surface area contributed by atoms with Gasteiger partial charge in [0.05, 0.1) is 18.4 Å². The van der Waals surface area contributed by atoms with Crippen molar-refractivity contribution in [2.45, 2.75) is 26.7 Å². The van der Waals surface area contributed by atoms with Crippen LogP contribution in [0.1, 0.15) is 26.7 Å². The molecule has 0 radical (unpaired) electrons. The predicted molar refractivity (Wildman–Crippen MR) is 47.7 cm³/mol. The molecular weight excluding hydrogens is 170 g/mol. The van der Waals surface area contributed by atoms with Crippen LogP contribution in [0.25, 0.3) is 0 Å². The minimum atomic E-state index is -0.438. The molecule has 0 unspecified atom stereocenters. The first-order chi connectivity index (χ1) is 6.22. The van der Waals surface area contributed by atoms with Crippen LogP contribution < -0.4 is 0 Å². The Morgan fingerprint density at radius 1 is 1.62 bits per heavy atom. The Hall–Kier alpha value is -1.41. The van der Waals surface area contributed by atoms with Crippen LogP contribution in [-0.4, -0.2) is 18.7 Å². The van der Waals surface area contributed by atoms with Gasteiger partial charge in [-0.25, -0.2) is 9.59 Å². The van der Waals surface area contributed by atoms with Crippen molar-refractivity contribution in [3.8, 4) is 0 Å². The molecule has 0 aliphatic rings. The molecule has 0 aliphatic carbocycles. The predicted octanol–water partition coefficient (Wildman–Crippen LogP) is 1.57. The summed E-state index contributed by atoms with van der Waals surface area (Å²) < 4.78 is 4.84. The molecule has 0 saturated carbocycles. The maximum Gasteiger partial charge on any atom is 0.335 e. The number of ether oxygens (including phenoxy) is 1. The molecule has 0 aliphatic heterocycles. The van der Waals surface area contributed by atoms with Crippen LogP contribution in [0.4, 0.5) is 0 Å². The number of hydrogen-bond acceptors (Lipinski definition) is 4. The maximum absolute atomic E-state index is 11.0. The molecule has 0 atom stereocenters. The Kier molecular flexibility index (Phi) is 6.46. The van der Waals surface area contributed by atoms with E-state index in [9.17, 15) is 9.59 Å². The second-order valence-electron chi connectivity index (χ2n) is 2.52. The molecule has 0 aromatic heterocycles. The van der Waals surface area contributed by atoms with Gasteiger partial charge in [-0.1, -0.05) is 13.3 Å². The lowest BCUT2D eigenvalue weighted by Gasteiger charge is -2.01. The summed E-state index contributed by atoms with van der Waals surface area (Å²) in [6.07, 6.45) is 4.27. The van der Waals surface area contributed by atoms with Gasteiger partial charge in [-0.2, -0.15) is 4.99 Å². The molecule has 0 rings (SSSR count). The van der Waals surface area contributed by atoms with Gasteiger partial charge in [0.1, 0.15) is 0 Å². The normalized spacial score (nSPS) is 10.5. The molecule has 0 fully saturated rings. The van der Waals surface area contributed by atoms with E-state index >= 15 is 0 Å². The molecule has 13 heavy (non-hydrogen) atoms. The highest BCUT2D eigenvalue weighted by atomic mass is 16.5. The van der Waals surface area contributed by atoms with Crippen LogP contribution in [0.2, 0.25) is 0 Å². The van der Waals surface area contributed by atoms with Crippen molar-refractivity contribution in [1.29, 1.82) is 0 Å². The third-order valence-corrected chi connectivity index (χ3v) is 1.36. The lowest BCUT2D eigenvalue weighted by molar-refractivity contribution is -0.139. The number of carbonyl (C=O) groups is 1. The van der Waals surface area contributed by atoms with Crippen LogP contribution in [0, 0.1) is 0 Å². The molecule has 0 amide bonds. The Labute approximate surface area is 77.3 Å². The second kappa shape index (κ2) is 7.25. The number of unbranched alkanes of at least 4 members (excludes halogenated alkanes) is 1. The van der Waals surface area contributed by atoms with Gasteiger partial charge in [-0.05, 0) is 13.3 Å². The summed E-state index contributed by atoms with van der Waals surface area (Å²) in [6.45, 7) is 3.95. The van der Waals surface area contributed by atoms with Crippen LogP contribution >= 0.6 is 0 Å². The molecule has 0 aromatic rings. The molecular formula is C9H13NO3. The summed E-state index contributed by atoms with van der Waals surface area (Å²) in [5.41, 5.74) is 0.305. The van der Waals surface area contributed by atoms with E-state index in [-0.39, 0.29) is 0 Å². The van der Waals surface area contributed by atoms with Crippen LogP contribution in [0.15, 0.2) is 16.8 Å². The van der Waals surface area contributed by atoms with Gasteiger partial charge >= 0.3 is 5.97 Å². The molecule has 4 heteroatoms. The molecule has 0 bridgehead atoms. The van der Waals surface area contributed by atoms with Crippen LogP contribution in [-0.2, 0) is 14.3 Å². The Morgan fingerprint density at radius 2 is 2.31 bits per heavy atom. The molecule has 0 saturated heterocycles. The number of esters is 1. The standard InChI is InChI=1S/C9H13NO3/c1-3-4-5-13-9(12)8(2)6-10-7-11/h6H,3-5H2,1-2H3. The zero-order chi connectivity index (χ0) is 10.1. The number of isocyanates is 1. The summed E-state index contributed by atoms with van der Waals surface area (Å²) in [4.78, 5) is 23.9. The van der Waals surface area contributed by atoms with Crippen molar-refractivity contribution in [2.75, 3.05) is 6.61 Å².